The van der Waals surface area contributed by atoms with E-state index in [-0.39, 0.29) is 12.5 Å². The predicted molar refractivity (Wildman–Crippen MR) is 97.6 cm³/mol. The van der Waals surface area contributed by atoms with Crippen LogP contribution in [-0.2, 0) is 11.2 Å². The Bertz CT molecular complexity index is 674. The molecule has 0 aliphatic rings. The molecule has 2 aromatic carbocycles. The van der Waals surface area contributed by atoms with Crippen molar-refractivity contribution < 1.29 is 9.53 Å². The molecule has 4 nitrogen and oxygen atoms in total. The fraction of sp³-hybridized carbons (Fsp3) is 0.300. The van der Waals surface area contributed by atoms with Gasteiger partial charge in [-0.1, -0.05) is 57.2 Å². The van der Waals surface area contributed by atoms with E-state index in [0.717, 1.165) is 12.0 Å². The van der Waals surface area contributed by atoms with Gasteiger partial charge in [-0.05, 0) is 41.2 Å². The van der Waals surface area contributed by atoms with Crippen molar-refractivity contribution in [2.24, 2.45) is 5.10 Å². The first-order chi connectivity index (χ1) is 11.6. The molecule has 0 fully saturated rings. The lowest BCUT2D eigenvalue weighted by atomic mass is 10.0. The molecule has 0 radical (unpaired) electrons. The minimum Gasteiger partial charge on any atom is -0.484 e. The van der Waals surface area contributed by atoms with E-state index in [1.807, 2.05) is 36.4 Å². The molecule has 0 aromatic heterocycles. The van der Waals surface area contributed by atoms with Crippen LogP contribution in [0.1, 0.15) is 43.4 Å². The van der Waals surface area contributed by atoms with Crippen molar-refractivity contribution in [2.75, 3.05) is 6.61 Å². The molecule has 2 aromatic rings. The molecule has 0 bridgehead atoms. The Morgan fingerprint density at radius 1 is 1.12 bits per heavy atom. The quantitative estimate of drug-likeness (QED) is 0.620. The molecule has 24 heavy (non-hydrogen) atoms. The van der Waals surface area contributed by atoms with Crippen LogP contribution in [0.25, 0.3) is 0 Å². The standard InChI is InChI=1S/C20H24N2O2/c1-4-16-7-11-19(12-8-16)24-14-20(23)22-21-13-17-5-9-18(10-6-17)15(2)3/h5-13,15H,4,14H2,1-3H3,(H,22,23)/b21-13+. The summed E-state index contributed by atoms with van der Waals surface area (Å²) in [6.07, 6.45) is 2.60. The lowest BCUT2D eigenvalue weighted by Gasteiger charge is -2.06. The van der Waals surface area contributed by atoms with Gasteiger partial charge in [-0.2, -0.15) is 5.10 Å². The highest BCUT2D eigenvalue weighted by molar-refractivity contribution is 5.82. The Labute approximate surface area is 143 Å². The van der Waals surface area contributed by atoms with Gasteiger partial charge >= 0.3 is 0 Å². The molecule has 1 N–H and O–H groups in total. The second kappa shape index (κ2) is 8.87. The average Bonchev–Trinajstić information content (AvgIpc) is 2.61. The van der Waals surface area contributed by atoms with Crippen LogP contribution < -0.4 is 10.2 Å². The number of aryl methyl sites for hydroxylation is 1. The Balaban J connectivity index is 1.77. The molecule has 1 amide bonds. The summed E-state index contributed by atoms with van der Waals surface area (Å²) in [5.74, 6) is 0.888. The number of amides is 1. The minimum absolute atomic E-state index is 0.0604. The van der Waals surface area contributed by atoms with Gasteiger partial charge in [-0.25, -0.2) is 5.43 Å². The van der Waals surface area contributed by atoms with E-state index in [0.29, 0.717) is 11.7 Å². The third kappa shape index (κ3) is 5.54. The molecule has 0 saturated carbocycles. The number of hydrazone groups is 1. The second-order valence-corrected chi connectivity index (χ2v) is 5.90. The molecule has 0 aliphatic heterocycles. The molecular weight excluding hydrogens is 300 g/mol. The van der Waals surface area contributed by atoms with Crippen LogP contribution in [0.5, 0.6) is 5.75 Å². The van der Waals surface area contributed by atoms with Crippen molar-refractivity contribution in [1.82, 2.24) is 5.43 Å². The predicted octanol–water partition coefficient (Wildman–Crippen LogP) is 3.90. The lowest BCUT2D eigenvalue weighted by Crippen LogP contribution is -2.24. The molecule has 126 valence electrons. The van der Waals surface area contributed by atoms with Crippen molar-refractivity contribution in [1.29, 1.82) is 0 Å². The SMILES string of the molecule is CCc1ccc(OCC(=O)N/N=C/c2ccc(C(C)C)cc2)cc1. The van der Waals surface area contributed by atoms with Crippen molar-refractivity contribution in [2.45, 2.75) is 33.1 Å². The van der Waals surface area contributed by atoms with Crippen LogP contribution >= 0.6 is 0 Å². The van der Waals surface area contributed by atoms with E-state index in [1.165, 1.54) is 11.1 Å². The number of ether oxygens (including phenoxy) is 1. The largest absolute Gasteiger partial charge is 0.484 e. The van der Waals surface area contributed by atoms with E-state index < -0.39 is 0 Å². The molecule has 0 saturated heterocycles. The average molecular weight is 324 g/mol. The maximum Gasteiger partial charge on any atom is 0.277 e. The summed E-state index contributed by atoms with van der Waals surface area (Å²) < 4.78 is 5.43. The van der Waals surface area contributed by atoms with Gasteiger partial charge in [0.2, 0.25) is 0 Å². The molecule has 0 aliphatic carbocycles. The highest BCUT2D eigenvalue weighted by atomic mass is 16.5. The van der Waals surface area contributed by atoms with Gasteiger partial charge in [-0.15, -0.1) is 0 Å². The van der Waals surface area contributed by atoms with E-state index in [9.17, 15) is 4.79 Å². The summed E-state index contributed by atoms with van der Waals surface area (Å²) in [4.78, 5) is 11.7. The van der Waals surface area contributed by atoms with Gasteiger partial charge in [0.1, 0.15) is 5.75 Å². The van der Waals surface area contributed by atoms with Gasteiger partial charge in [0.25, 0.3) is 5.91 Å². The van der Waals surface area contributed by atoms with Crippen LogP contribution in [0.15, 0.2) is 53.6 Å². The minimum atomic E-state index is -0.287. The number of rotatable bonds is 7. The van der Waals surface area contributed by atoms with Crippen molar-refractivity contribution in [3.05, 3.63) is 65.2 Å². The van der Waals surface area contributed by atoms with Crippen LogP contribution in [0.3, 0.4) is 0 Å². The summed E-state index contributed by atoms with van der Waals surface area (Å²) in [6.45, 7) is 6.34. The van der Waals surface area contributed by atoms with Gasteiger partial charge < -0.3 is 4.74 Å². The molecular formula is C20H24N2O2. The zero-order valence-corrected chi connectivity index (χ0v) is 14.5. The Hall–Kier alpha value is -2.62. The van der Waals surface area contributed by atoms with Gasteiger partial charge in [0.15, 0.2) is 6.61 Å². The van der Waals surface area contributed by atoms with Crippen LogP contribution in [-0.4, -0.2) is 18.7 Å². The molecule has 2 rings (SSSR count). The van der Waals surface area contributed by atoms with Gasteiger partial charge in [-0.3, -0.25) is 4.79 Å². The summed E-state index contributed by atoms with van der Waals surface area (Å²) in [7, 11) is 0. The smallest absolute Gasteiger partial charge is 0.277 e. The molecule has 0 spiro atoms. The summed E-state index contributed by atoms with van der Waals surface area (Å²) in [5, 5.41) is 3.95. The van der Waals surface area contributed by atoms with Crippen LogP contribution in [0, 0.1) is 0 Å². The van der Waals surface area contributed by atoms with E-state index in [2.05, 4.69) is 43.4 Å². The zero-order chi connectivity index (χ0) is 17.4. The van der Waals surface area contributed by atoms with E-state index >= 15 is 0 Å². The van der Waals surface area contributed by atoms with Crippen molar-refractivity contribution in [3.8, 4) is 5.75 Å². The van der Waals surface area contributed by atoms with Crippen LogP contribution in [0.2, 0.25) is 0 Å². The number of hydrogen-bond acceptors (Lipinski definition) is 3. The zero-order valence-electron chi connectivity index (χ0n) is 14.5. The van der Waals surface area contributed by atoms with Gasteiger partial charge in [0.05, 0.1) is 6.21 Å². The second-order valence-electron chi connectivity index (χ2n) is 5.90. The third-order valence-electron chi connectivity index (χ3n) is 3.71. The summed E-state index contributed by atoms with van der Waals surface area (Å²) in [5.41, 5.74) is 5.92. The fourth-order valence-electron chi connectivity index (χ4n) is 2.15. The summed E-state index contributed by atoms with van der Waals surface area (Å²) in [6, 6.07) is 15.8. The first-order valence-corrected chi connectivity index (χ1v) is 8.22. The first kappa shape index (κ1) is 17.7. The monoisotopic (exact) mass is 324 g/mol. The highest BCUT2D eigenvalue weighted by Gasteiger charge is 2.02. The highest BCUT2D eigenvalue weighted by Crippen LogP contribution is 2.14. The third-order valence-corrected chi connectivity index (χ3v) is 3.71. The van der Waals surface area contributed by atoms with Crippen LogP contribution in [0.4, 0.5) is 0 Å². The molecule has 0 heterocycles. The lowest BCUT2D eigenvalue weighted by molar-refractivity contribution is -0.123. The number of nitrogens with one attached hydrogen (secondary N) is 1. The molecule has 4 heteroatoms. The number of benzene rings is 2. The Kier molecular flexibility index (Phi) is 6.55. The summed E-state index contributed by atoms with van der Waals surface area (Å²) >= 11 is 0. The number of carbonyl (C=O) groups excluding carboxylic acids is 1. The van der Waals surface area contributed by atoms with E-state index in [4.69, 9.17) is 4.74 Å². The Morgan fingerprint density at radius 3 is 2.38 bits per heavy atom. The number of carbonyl (C=O) groups is 1. The molecule has 0 atom stereocenters. The fourth-order valence-corrected chi connectivity index (χ4v) is 2.15. The van der Waals surface area contributed by atoms with Crippen molar-refractivity contribution in [3.63, 3.8) is 0 Å². The Morgan fingerprint density at radius 2 is 1.79 bits per heavy atom. The number of hydrogen-bond donors (Lipinski definition) is 1. The first-order valence-electron chi connectivity index (χ1n) is 8.22. The maximum atomic E-state index is 11.7. The number of nitrogens with zero attached hydrogens (tertiary/aromatic N) is 1. The maximum absolute atomic E-state index is 11.7. The van der Waals surface area contributed by atoms with Gasteiger partial charge in [0, 0.05) is 0 Å². The topological polar surface area (TPSA) is 50.7 Å². The van der Waals surface area contributed by atoms with E-state index in [1.54, 1.807) is 6.21 Å². The normalized spacial score (nSPS) is 11.0. The van der Waals surface area contributed by atoms with Crippen molar-refractivity contribution >= 4 is 12.1 Å². The molecule has 0 unspecified atom stereocenters.